The van der Waals surface area contributed by atoms with Gasteiger partial charge < -0.3 is 11.1 Å². The fourth-order valence-corrected chi connectivity index (χ4v) is 7.30. The molecule has 8 rings (SSSR count). The van der Waals surface area contributed by atoms with Crippen LogP contribution >= 0.6 is 0 Å². The van der Waals surface area contributed by atoms with E-state index in [4.69, 9.17) is 10.7 Å². The molecular weight excluding hydrogens is 595 g/mol. The predicted octanol–water partition coefficient (Wildman–Crippen LogP) is 9.91. The van der Waals surface area contributed by atoms with E-state index in [0.717, 1.165) is 22.5 Å². The first-order chi connectivity index (χ1) is 24.2. The zero-order chi connectivity index (χ0) is 33.0. The van der Waals surface area contributed by atoms with E-state index in [1.54, 1.807) is 0 Å². The normalized spacial score (nSPS) is 13.7. The molecule has 1 aliphatic rings. The second-order valence-electron chi connectivity index (χ2n) is 12.5. The van der Waals surface area contributed by atoms with Gasteiger partial charge in [-0.05, 0) is 61.7 Å². The Kier molecular flexibility index (Phi) is 8.18. The molecule has 49 heavy (non-hydrogen) atoms. The molecule has 0 bridgehead atoms. The van der Waals surface area contributed by atoms with Gasteiger partial charge in [0.2, 0.25) is 0 Å². The van der Waals surface area contributed by atoms with E-state index in [9.17, 15) is 0 Å². The van der Waals surface area contributed by atoms with Crippen LogP contribution in [-0.2, 0) is 12.0 Å². The Hall–Kier alpha value is -6.03. The van der Waals surface area contributed by atoms with Gasteiger partial charge >= 0.3 is 0 Å². The van der Waals surface area contributed by atoms with Crippen molar-refractivity contribution in [2.75, 3.05) is 0 Å². The number of amidine groups is 1. The first-order valence-electron chi connectivity index (χ1n) is 16.8. The lowest BCUT2D eigenvalue weighted by Crippen LogP contribution is -2.34. The number of benzene rings is 7. The molecule has 0 fully saturated rings. The lowest BCUT2D eigenvalue weighted by atomic mass is 9.67. The molecule has 0 heterocycles. The maximum absolute atomic E-state index is 6.55. The van der Waals surface area contributed by atoms with Crippen molar-refractivity contribution in [1.82, 2.24) is 5.32 Å². The summed E-state index contributed by atoms with van der Waals surface area (Å²) < 4.78 is 0. The molecule has 0 radical (unpaired) electrons. The van der Waals surface area contributed by atoms with Gasteiger partial charge in [0.1, 0.15) is 12.0 Å². The van der Waals surface area contributed by atoms with Crippen molar-refractivity contribution in [3.05, 3.63) is 227 Å². The maximum Gasteiger partial charge on any atom is 0.130 e. The molecule has 3 N–H and O–H groups in total. The number of nitrogens with two attached hydrogens (primary N) is 1. The van der Waals surface area contributed by atoms with E-state index < -0.39 is 5.41 Å². The maximum atomic E-state index is 6.55. The lowest BCUT2D eigenvalue weighted by molar-refractivity contribution is 0.679. The Morgan fingerprint density at radius 1 is 0.531 bits per heavy atom. The fraction of sp³-hybridized carbons (Fsp3) is 0.0652. The van der Waals surface area contributed by atoms with Crippen LogP contribution in [0.1, 0.15) is 45.1 Å². The number of fused-ring (bicyclic) bond motifs is 3. The topological polar surface area (TPSA) is 50.4 Å². The largest absolute Gasteiger partial charge is 0.351 e. The Morgan fingerprint density at radius 3 is 1.71 bits per heavy atom. The first kappa shape index (κ1) is 30.3. The van der Waals surface area contributed by atoms with Gasteiger partial charge in [-0.1, -0.05) is 182 Å². The van der Waals surface area contributed by atoms with Gasteiger partial charge in [-0.25, -0.2) is 0 Å². The highest BCUT2D eigenvalue weighted by molar-refractivity contribution is 5.99. The minimum absolute atomic E-state index is 0.368. The van der Waals surface area contributed by atoms with E-state index in [2.05, 4.69) is 145 Å². The smallest absolute Gasteiger partial charge is 0.130 e. The van der Waals surface area contributed by atoms with Crippen molar-refractivity contribution in [3.8, 4) is 22.3 Å². The molecule has 7 aromatic carbocycles. The van der Waals surface area contributed by atoms with Gasteiger partial charge in [0.15, 0.2) is 0 Å². The minimum atomic E-state index is -0.416. The summed E-state index contributed by atoms with van der Waals surface area (Å²) in [6.45, 7) is 0.531. The number of nitrogens with zero attached hydrogens (tertiary/aromatic N) is 1. The zero-order valence-corrected chi connectivity index (χ0v) is 27.2. The Labute approximate surface area is 288 Å². The van der Waals surface area contributed by atoms with Crippen molar-refractivity contribution in [2.45, 2.75) is 18.1 Å². The first-order valence-corrected chi connectivity index (χ1v) is 16.8. The van der Waals surface area contributed by atoms with Gasteiger partial charge in [0.25, 0.3) is 0 Å². The molecule has 0 saturated heterocycles. The average Bonchev–Trinajstić information content (AvgIpc) is 3.48. The van der Waals surface area contributed by atoms with Crippen LogP contribution in [0.4, 0.5) is 0 Å². The molecule has 3 heteroatoms. The van der Waals surface area contributed by atoms with Crippen molar-refractivity contribution >= 4 is 5.84 Å². The summed E-state index contributed by atoms with van der Waals surface area (Å²) in [5.74, 6) is 0.775. The molecule has 0 amide bonds. The van der Waals surface area contributed by atoms with Crippen LogP contribution in [-0.4, -0.2) is 5.84 Å². The molecule has 0 saturated carbocycles. The third-order valence-corrected chi connectivity index (χ3v) is 9.66. The third-order valence-electron chi connectivity index (χ3n) is 9.66. The van der Waals surface area contributed by atoms with Crippen LogP contribution in [0.15, 0.2) is 193 Å². The fourth-order valence-electron chi connectivity index (χ4n) is 7.30. The number of rotatable bonds is 8. The summed E-state index contributed by atoms with van der Waals surface area (Å²) in [5, 5.41) is 3.45. The van der Waals surface area contributed by atoms with Crippen molar-refractivity contribution in [3.63, 3.8) is 0 Å². The summed E-state index contributed by atoms with van der Waals surface area (Å²) in [6, 6.07) is 66.8. The molecule has 0 aliphatic heterocycles. The lowest BCUT2D eigenvalue weighted by Gasteiger charge is -2.34. The average molecular weight is 632 g/mol. The molecule has 1 aliphatic carbocycles. The van der Waals surface area contributed by atoms with Gasteiger partial charge in [-0.15, -0.1) is 0 Å². The molecule has 0 aromatic heterocycles. The van der Waals surface area contributed by atoms with Gasteiger partial charge in [0, 0.05) is 5.56 Å². The van der Waals surface area contributed by atoms with E-state index in [-0.39, 0.29) is 6.17 Å². The van der Waals surface area contributed by atoms with Crippen LogP contribution in [0.25, 0.3) is 22.3 Å². The number of nitrogens with one attached hydrogen (secondary N) is 1. The predicted molar refractivity (Wildman–Crippen MR) is 202 cm³/mol. The highest BCUT2D eigenvalue weighted by Crippen LogP contribution is 2.56. The molecule has 3 nitrogen and oxygen atoms in total. The zero-order valence-electron chi connectivity index (χ0n) is 27.2. The van der Waals surface area contributed by atoms with Crippen molar-refractivity contribution in [1.29, 1.82) is 0 Å². The Morgan fingerprint density at radius 2 is 1.06 bits per heavy atom. The highest BCUT2D eigenvalue weighted by Gasteiger charge is 2.46. The molecule has 0 spiro atoms. The quantitative estimate of drug-likeness (QED) is 0.0996. The van der Waals surface area contributed by atoms with Crippen molar-refractivity contribution < 1.29 is 0 Å². The molecular formula is C46H37N3. The van der Waals surface area contributed by atoms with Gasteiger partial charge in [-0.3, -0.25) is 4.99 Å². The molecule has 1 atom stereocenters. The van der Waals surface area contributed by atoms with Crippen LogP contribution in [0.2, 0.25) is 0 Å². The Balaban J connectivity index is 1.14. The second-order valence-corrected chi connectivity index (χ2v) is 12.5. The van der Waals surface area contributed by atoms with E-state index >= 15 is 0 Å². The molecule has 1 unspecified atom stereocenters. The van der Waals surface area contributed by atoms with E-state index in [1.165, 1.54) is 44.5 Å². The number of aliphatic imine (C=N–C) groups is 1. The summed E-state index contributed by atoms with van der Waals surface area (Å²) in [7, 11) is 0. The van der Waals surface area contributed by atoms with Gasteiger partial charge in [0.05, 0.1) is 12.0 Å². The van der Waals surface area contributed by atoms with Gasteiger partial charge in [-0.2, -0.15) is 0 Å². The summed E-state index contributed by atoms with van der Waals surface area (Å²) in [5.41, 5.74) is 19.4. The van der Waals surface area contributed by atoms with E-state index in [1.807, 2.05) is 48.5 Å². The molecule has 7 aromatic rings. The standard InChI is InChI=1S/C46H37N3/c47-44(35-15-5-1-6-16-35)49-45(36-17-7-2-8-18-36)48-32-33-25-27-34(28-26-33)37-29-30-41-40-23-13-14-24-42(40)46(43(41)31-37,38-19-9-3-10-20-38)39-21-11-4-12-22-39/h1-31,44H,32,47H2,(H,48,49). The van der Waals surface area contributed by atoms with Crippen LogP contribution in [0.5, 0.6) is 0 Å². The molecule has 236 valence electrons. The van der Waals surface area contributed by atoms with Crippen LogP contribution < -0.4 is 11.1 Å². The monoisotopic (exact) mass is 631 g/mol. The second kappa shape index (κ2) is 13.2. The van der Waals surface area contributed by atoms with Crippen LogP contribution in [0, 0.1) is 0 Å². The number of hydrogen-bond donors (Lipinski definition) is 2. The van der Waals surface area contributed by atoms with Crippen molar-refractivity contribution in [2.24, 2.45) is 10.7 Å². The Bertz CT molecular complexity index is 2170. The highest BCUT2D eigenvalue weighted by atomic mass is 15.1. The third kappa shape index (κ3) is 5.65. The summed E-state index contributed by atoms with van der Waals surface area (Å²) in [6.07, 6.45) is -0.368. The summed E-state index contributed by atoms with van der Waals surface area (Å²) in [4.78, 5) is 5.01. The summed E-state index contributed by atoms with van der Waals surface area (Å²) >= 11 is 0. The van der Waals surface area contributed by atoms with E-state index in [0.29, 0.717) is 6.54 Å². The van der Waals surface area contributed by atoms with Crippen LogP contribution in [0.3, 0.4) is 0 Å². The number of hydrogen-bond acceptors (Lipinski definition) is 2. The SMILES string of the molecule is NC(NC(=NCc1ccc(-c2ccc3c(c2)C(c2ccccc2)(c2ccccc2)c2ccccc2-3)cc1)c1ccccc1)c1ccccc1. The minimum Gasteiger partial charge on any atom is -0.351 e.